The number of aliphatic hydroxyl groups is 1. The fourth-order valence-corrected chi connectivity index (χ4v) is 1.04. The summed E-state index contributed by atoms with van der Waals surface area (Å²) in [7, 11) is 0. The molecule has 0 atom stereocenters. The molecule has 0 aliphatic heterocycles. The molecule has 1 aromatic rings. The Morgan fingerprint density at radius 3 is 2.92 bits per heavy atom. The lowest BCUT2D eigenvalue weighted by Crippen LogP contribution is -2.01. The highest BCUT2D eigenvalue weighted by Crippen LogP contribution is 2.17. The number of hydrogen-bond acceptors (Lipinski definition) is 4. The van der Waals surface area contributed by atoms with Crippen LogP contribution in [0.5, 0.6) is 0 Å². The molecular formula is C8H10N2O3. The van der Waals surface area contributed by atoms with Crippen molar-refractivity contribution in [2.24, 2.45) is 0 Å². The average Bonchev–Trinajstić information content (AvgIpc) is 2.08. The Hall–Kier alpha value is -1.49. The molecule has 5 heteroatoms. The van der Waals surface area contributed by atoms with E-state index in [4.69, 9.17) is 5.11 Å². The molecule has 13 heavy (non-hydrogen) atoms. The van der Waals surface area contributed by atoms with Crippen LogP contribution in [-0.2, 0) is 6.42 Å². The third-order valence-corrected chi connectivity index (χ3v) is 1.63. The summed E-state index contributed by atoms with van der Waals surface area (Å²) in [6.45, 7) is 1.61. The Balaban J connectivity index is 3.10. The summed E-state index contributed by atoms with van der Waals surface area (Å²) in [6.07, 6.45) is 1.77. The molecule has 0 saturated carbocycles. The molecule has 0 saturated heterocycles. The lowest BCUT2D eigenvalue weighted by Gasteiger charge is -2.00. The van der Waals surface area contributed by atoms with Gasteiger partial charge in [-0.05, 0) is 12.5 Å². The van der Waals surface area contributed by atoms with Gasteiger partial charge < -0.3 is 5.11 Å². The van der Waals surface area contributed by atoms with Gasteiger partial charge in [0.15, 0.2) is 0 Å². The van der Waals surface area contributed by atoms with Crippen LogP contribution < -0.4 is 0 Å². The lowest BCUT2D eigenvalue weighted by atomic mass is 10.2. The van der Waals surface area contributed by atoms with Crippen LogP contribution in [0.25, 0.3) is 0 Å². The number of aryl methyl sites for hydroxylation is 1. The van der Waals surface area contributed by atoms with Crippen LogP contribution >= 0.6 is 0 Å². The minimum atomic E-state index is -0.481. The number of nitro groups is 1. The van der Waals surface area contributed by atoms with Crippen LogP contribution in [0.4, 0.5) is 5.69 Å². The van der Waals surface area contributed by atoms with Crippen LogP contribution in [0.1, 0.15) is 11.3 Å². The van der Waals surface area contributed by atoms with E-state index < -0.39 is 4.92 Å². The van der Waals surface area contributed by atoms with Gasteiger partial charge in [-0.3, -0.25) is 15.1 Å². The highest BCUT2D eigenvalue weighted by molar-refractivity contribution is 5.37. The van der Waals surface area contributed by atoms with Crippen molar-refractivity contribution in [1.82, 2.24) is 4.98 Å². The highest BCUT2D eigenvalue weighted by atomic mass is 16.6. The first kappa shape index (κ1) is 9.60. The Bertz CT molecular complexity index is 325. The van der Waals surface area contributed by atoms with Crippen molar-refractivity contribution in [3.8, 4) is 0 Å². The van der Waals surface area contributed by atoms with Crippen molar-refractivity contribution >= 4 is 5.69 Å². The topological polar surface area (TPSA) is 76.3 Å². The maximum Gasteiger partial charge on any atom is 0.291 e. The summed E-state index contributed by atoms with van der Waals surface area (Å²) in [4.78, 5) is 13.9. The normalized spacial score (nSPS) is 10.0. The molecule has 0 spiro atoms. The van der Waals surface area contributed by atoms with Crippen LogP contribution in [0, 0.1) is 17.0 Å². The monoisotopic (exact) mass is 182 g/mol. The molecule has 1 N–H and O–H groups in total. The third kappa shape index (κ3) is 2.22. The molecule has 70 valence electrons. The summed E-state index contributed by atoms with van der Waals surface area (Å²) < 4.78 is 0. The second-order valence-corrected chi connectivity index (χ2v) is 2.71. The van der Waals surface area contributed by atoms with E-state index in [2.05, 4.69) is 4.98 Å². The first-order valence-electron chi connectivity index (χ1n) is 3.86. The van der Waals surface area contributed by atoms with Gasteiger partial charge in [-0.25, -0.2) is 0 Å². The molecule has 5 nitrogen and oxygen atoms in total. The van der Waals surface area contributed by atoms with E-state index >= 15 is 0 Å². The second kappa shape index (κ2) is 3.95. The standard InChI is InChI=1S/C8H10N2O3/c1-6-4-8(10(12)13)7(2-3-11)9-5-6/h4-5,11H,2-3H2,1H3. The van der Waals surface area contributed by atoms with Gasteiger partial charge in [0.05, 0.1) is 4.92 Å². The summed E-state index contributed by atoms with van der Waals surface area (Å²) in [5.41, 5.74) is 1.06. The highest BCUT2D eigenvalue weighted by Gasteiger charge is 2.14. The molecule has 0 aliphatic rings. The maximum atomic E-state index is 10.5. The molecule has 0 radical (unpaired) electrons. The maximum absolute atomic E-state index is 10.5. The number of hydrogen-bond donors (Lipinski definition) is 1. The molecule has 1 aromatic heterocycles. The van der Waals surface area contributed by atoms with E-state index in [0.717, 1.165) is 5.56 Å². The molecule has 1 heterocycles. The van der Waals surface area contributed by atoms with Gasteiger partial charge in [0, 0.05) is 25.3 Å². The molecule has 0 bridgehead atoms. The van der Waals surface area contributed by atoms with E-state index in [9.17, 15) is 10.1 Å². The lowest BCUT2D eigenvalue weighted by molar-refractivity contribution is -0.386. The summed E-state index contributed by atoms with van der Waals surface area (Å²) >= 11 is 0. The van der Waals surface area contributed by atoms with Crippen molar-refractivity contribution < 1.29 is 10.0 Å². The number of pyridine rings is 1. The third-order valence-electron chi connectivity index (χ3n) is 1.63. The molecule has 1 rings (SSSR count). The quantitative estimate of drug-likeness (QED) is 0.555. The molecule has 0 unspecified atom stereocenters. The smallest absolute Gasteiger partial charge is 0.291 e. The predicted molar refractivity (Wildman–Crippen MR) is 46.4 cm³/mol. The Kier molecular flexibility index (Phi) is 2.92. The molecule has 0 aliphatic carbocycles. The fraction of sp³-hybridized carbons (Fsp3) is 0.375. The average molecular weight is 182 g/mol. The zero-order chi connectivity index (χ0) is 9.84. The Labute approximate surface area is 75.2 Å². The summed E-state index contributed by atoms with van der Waals surface area (Å²) in [5, 5.41) is 19.2. The number of rotatable bonds is 3. The van der Waals surface area contributed by atoms with Crippen molar-refractivity contribution in [3.63, 3.8) is 0 Å². The van der Waals surface area contributed by atoms with Gasteiger partial charge in [-0.1, -0.05) is 0 Å². The van der Waals surface area contributed by atoms with E-state index in [1.165, 1.54) is 6.07 Å². The van der Waals surface area contributed by atoms with Crippen molar-refractivity contribution in [2.75, 3.05) is 6.61 Å². The van der Waals surface area contributed by atoms with Gasteiger partial charge >= 0.3 is 0 Å². The summed E-state index contributed by atoms with van der Waals surface area (Å²) in [6, 6.07) is 1.46. The first-order valence-corrected chi connectivity index (χ1v) is 3.86. The largest absolute Gasteiger partial charge is 0.396 e. The van der Waals surface area contributed by atoms with Gasteiger partial charge in [0.2, 0.25) is 0 Å². The van der Waals surface area contributed by atoms with E-state index in [0.29, 0.717) is 5.69 Å². The van der Waals surface area contributed by atoms with E-state index in [-0.39, 0.29) is 18.7 Å². The number of aliphatic hydroxyl groups excluding tert-OH is 1. The van der Waals surface area contributed by atoms with Crippen LogP contribution in [-0.4, -0.2) is 21.6 Å². The fourth-order valence-electron chi connectivity index (χ4n) is 1.04. The zero-order valence-corrected chi connectivity index (χ0v) is 7.23. The number of nitrogens with zero attached hydrogens (tertiary/aromatic N) is 2. The molecule has 0 amide bonds. The number of aromatic nitrogens is 1. The van der Waals surface area contributed by atoms with Gasteiger partial charge in [-0.2, -0.15) is 0 Å². The van der Waals surface area contributed by atoms with Crippen LogP contribution in [0.15, 0.2) is 12.3 Å². The Morgan fingerprint density at radius 1 is 1.69 bits per heavy atom. The van der Waals surface area contributed by atoms with Gasteiger partial charge in [0.1, 0.15) is 5.69 Å². The molecular weight excluding hydrogens is 172 g/mol. The first-order chi connectivity index (χ1) is 6.15. The SMILES string of the molecule is Cc1cnc(CCO)c([N+](=O)[O-])c1. The van der Waals surface area contributed by atoms with Crippen molar-refractivity contribution in [1.29, 1.82) is 0 Å². The van der Waals surface area contributed by atoms with E-state index in [1.54, 1.807) is 13.1 Å². The Morgan fingerprint density at radius 2 is 2.38 bits per heavy atom. The van der Waals surface area contributed by atoms with Crippen molar-refractivity contribution in [2.45, 2.75) is 13.3 Å². The minimum Gasteiger partial charge on any atom is -0.396 e. The van der Waals surface area contributed by atoms with Crippen molar-refractivity contribution in [3.05, 3.63) is 33.6 Å². The zero-order valence-electron chi connectivity index (χ0n) is 7.23. The second-order valence-electron chi connectivity index (χ2n) is 2.71. The van der Waals surface area contributed by atoms with Crippen LogP contribution in [0.2, 0.25) is 0 Å². The van der Waals surface area contributed by atoms with Crippen LogP contribution in [0.3, 0.4) is 0 Å². The van der Waals surface area contributed by atoms with E-state index in [1.807, 2.05) is 0 Å². The van der Waals surface area contributed by atoms with Gasteiger partial charge in [-0.15, -0.1) is 0 Å². The predicted octanol–water partition coefficient (Wildman–Crippen LogP) is 0.833. The van der Waals surface area contributed by atoms with Gasteiger partial charge in [0.25, 0.3) is 5.69 Å². The molecule has 0 aromatic carbocycles. The minimum absolute atomic E-state index is 0.0194. The molecule has 0 fully saturated rings. The summed E-state index contributed by atoms with van der Waals surface area (Å²) in [5.74, 6) is 0.